The summed E-state index contributed by atoms with van der Waals surface area (Å²) in [4.78, 5) is 9.97. The topological polar surface area (TPSA) is 49.3 Å². The highest BCUT2D eigenvalue weighted by Gasteiger charge is 1.98. The van der Waals surface area contributed by atoms with Gasteiger partial charge >= 0.3 is 0 Å². The molecule has 0 amide bonds. The molecule has 0 aliphatic rings. The standard InChI is InChI=1S/C15H20N4S.HI/c1-2-17-15(19-12-14-6-4-10-20-14)18-9-7-13-5-3-8-16-11-13;/h3-6,8,10-11H,2,7,9,12H2,1H3,(H2,17,18,19);1H. The highest BCUT2D eigenvalue weighted by molar-refractivity contribution is 14.0. The van der Waals surface area contributed by atoms with Crippen LogP contribution in [0.25, 0.3) is 0 Å². The Kier molecular flexibility index (Phi) is 9.00. The zero-order chi connectivity index (χ0) is 14.0. The molecule has 0 atom stereocenters. The fourth-order valence-corrected chi connectivity index (χ4v) is 2.40. The van der Waals surface area contributed by atoms with E-state index in [1.54, 1.807) is 17.5 Å². The lowest BCUT2D eigenvalue weighted by Crippen LogP contribution is -2.38. The second-order valence-electron chi connectivity index (χ2n) is 4.31. The molecule has 0 fully saturated rings. The summed E-state index contributed by atoms with van der Waals surface area (Å²) in [6.45, 7) is 4.51. The molecule has 2 rings (SSSR count). The predicted octanol–water partition coefficient (Wildman–Crippen LogP) is 3.06. The van der Waals surface area contributed by atoms with E-state index in [0.29, 0.717) is 0 Å². The summed E-state index contributed by atoms with van der Waals surface area (Å²) in [5.74, 6) is 0.866. The van der Waals surface area contributed by atoms with Gasteiger partial charge in [0.05, 0.1) is 6.54 Å². The van der Waals surface area contributed by atoms with Crippen LogP contribution >= 0.6 is 35.3 Å². The number of halogens is 1. The fraction of sp³-hybridized carbons (Fsp3) is 0.333. The quantitative estimate of drug-likeness (QED) is 0.433. The number of rotatable bonds is 6. The number of thiophene rings is 1. The number of nitrogens with zero attached hydrogens (tertiary/aromatic N) is 2. The molecule has 4 nitrogen and oxygen atoms in total. The molecule has 2 N–H and O–H groups in total. The van der Waals surface area contributed by atoms with E-state index in [4.69, 9.17) is 0 Å². The summed E-state index contributed by atoms with van der Waals surface area (Å²) in [7, 11) is 0. The zero-order valence-corrected chi connectivity index (χ0v) is 15.2. The van der Waals surface area contributed by atoms with Gasteiger partial charge in [-0.2, -0.15) is 0 Å². The van der Waals surface area contributed by atoms with Crippen LogP contribution in [0.2, 0.25) is 0 Å². The lowest BCUT2D eigenvalue weighted by molar-refractivity contribution is 0.799. The van der Waals surface area contributed by atoms with Crippen molar-refractivity contribution in [1.82, 2.24) is 15.6 Å². The molecule has 0 bridgehead atoms. The Labute approximate surface area is 147 Å². The summed E-state index contributed by atoms with van der Waals surface area (Å²) >= 11 is 1.73. The van der Waals surface area contributed by atoms with Crippen molar-refractivity contribution in [3.63, 3.8) is 0 Å². The Bertz CT molecular complexity index is 514. The van der Waals surface area contributed by atoms with Gasteiger partial charge in [0.15, 0.2) is 5.96 Å². The SMILES string of the molecule is CCNC(=NCc1cccs1)NCCc1cccnc1.I. The van der Waals surface area contributed by atoms with Gasteiger partial charge in [-0.15, -0.1) is 35.3 Å². The average Bonchev–Trinajstić information content (AvgIpc) is 2.99. The minimum atomic E-state index is 0. The molecule has 114 valence electrons. The second kappa shape index (κ2) is 10.6. The minimum Gasteiger partial charge on any atom is -0.357 e. The van der Waals surface area contributed by atoms with Crippen LogP contribution in [0.1, 0.15) is 17.4 Å². The Morgan fingerprint density at radius 2 is 2.19 bits per heavy atom. The van der Waals surface area contributed by atoms with Gasteiger partial charge in [0.1, 0.15) is 0 Å². The minimum absolute atomic E-state index is 0. The van der Waals surface area contributed by atoms with Gasteiger partial charge in [-0.1, -0.05) is 12.1 Å². The van der Waals surface area contributed by atoms with Crippen molar-refractivity contribution in [3.05, 3.63) is 52.5 Å². The normalized spacial score (nSPS) is 10.8. The number of guanidine groups is 1. The van der Waals surface area contributed by atoms with Crippen molar-refractivity contribution in [2.24, 2.45) is 4.99 Å². The van der Waals surface area contributed by atoms with Gasteiger partial charge in [-0.25, -0.2) is 4.99 Å². The van der Waals surface area contributed by atoms with Crippen molar-refractivity contribution < 1.29 is 0 Å². The molecule has 0 spiro atoms. The van der Waals surface area contributed by atoms with Crippen molar-refractivity contribution in [2.75, 3.05) is 13.1 Å². The van der Waals surface area contributed by atoms with Crippen molar-refractivity contribution >= 4 is 41.3 Å². The predicted molar refractivity (Wildman–Crippen MR) is 100 cm³/mol. The Morgan fingerprint density at radius 1 is 1.29 bits per heavy atom. The van der Waals surface area contributed by atoms with Crippen LogP contribution in [0.4, 0.5) is 0 Å². The van der Waals surface area contributed by atoms with Gasteiger partial charge in [-0.05, 0) is 36.4 Å². The third-order valence-electron chi connectivity index (χ3n) is 2.75. The van der Waals surface area contributed by atoms with Crippen LogP contribution in [0.5, 0.6) is 0 Å². The number of hydrogen-bond donors (Lipinski definition) is 2. The number of aliphatic imine (C=N–C) groups is 1. The lowest BCUT2D eigenvalue weighted by Gasteiger charge is -2.10. The molecule has 0 saturated carbocycles. The molecule has 0 radical (unpaired) electrons. The Hall–Kier alpha value is -1.15. The third-order valence-corrected chi connectivity index (χ3v) is 3.61. The fourth-order valence-electron chi connectivity index (χ4n) is 1.77. The van der Waals surface area contributed by atoms with Gasteiger partial charge in [0, 0.05) is 30.4 Å². The van der Waals surface area contributed by atoms with E-state index in [-0.39, 0.29) is 24.0 Å². The first-order valence-electron chi connectivity index (χ1n) is 6.82. The average molecular weight is 416 g/mol. The monoisotopic (exact) mass is 416 g/mol. The first-order valence-corrected chi connectivity index (χ1v) is 7.70. The van der Waals surface area contributed by atoms with E-state index >= 15 is 0 Å². The largest absolute Gasteiger partial charge is 0.357 e. The van der Waals surface area contributed by atoms with Crippen LogP contribution in [-0.2, 0) is 13.0 Å². The molecule has 2 heterocycles. The van der Waals surface area contributed by atoms with Crippen molar-refractivity contribution in [1.29, 1.82) is 0 Å². The molecule has 21 heavy (non-hydrogen) atoms. The number of aromatic nitrogens is 1. The van der Waals surface area contributed by atoms with Crippen LogP contribution in [-0.4, -0.2) is 24.0 Å². The molecule has 0 saturated heterocycles. The number of hydrogen-bond acceptors (Lipinski definition) is 3. The maximum Gasteiger partial charge on any atom is 0.191 e. The van der Waals surface area contributed by atoms with E-state index in [9.17, 15) is 0 Å². The maximum absolute atomic E-state index is 4.58. The van der Waals surface area contributed by atoms with E-state index in [2.05, 4.69) is 51.1 Å². The smallest absolute Gasteiger partial charge is 0.191 e. The molecular formula is C15H21IN4S. The van der Waals surface area contributed by atoms with Crippen LogP contribution < -0.4 is 10.6 Å². The zero-order valence-electron chi connectivity index (χ0n) is 12.1. The summed E-state index contributed by atoms with van der Waals surface area (Å²) < 4.78 is 0. The molecular weight excluding hydrogens is 395 g/mol. The van der Waals surface area contributed by atoms with E-state index in [1.165, 1.54) is 10.4 Å². The van der Waals surface area contributed by atoms with Crippen molar-refractivity contribution in [3.8, 4) is 0 Å². The summed E-state index contributed by atoms with van der Waals surface area (Å²) in [6.07, 6.45) is 4.64. The molecule has 2 aromatic heterocycles. The lowest BCUT2D eigenvalue weighted by atomic mass is 10.2. The van der Waals surface area contributed by atoms with E-state index < -0.39 is 0 Å². The van der Waals surface area contributed by atoms with E-state index in [0.717, 1.165) is 32.0 Å². The van der Waals surface area contributed by atoms with Crippen LogP contribution in [0, 0.1) is 0 Å². The number of nitrogens with one attached hydrogen (secondary N) is 2. The Balaban J connectivity index is 0.00000220. The molecule has 0 aliphatic carbocycles. The molecule has 0 unspecified atom stereocenters. The molecule has 0 aliphatic heterocycles. The Morgan fingerprint density at radius 3 is 2.86 bits per heavy atom. The van der Waals surface area contributed by atoms with Gasteiger partial charge in [-0.3, -0.25) is 4.98 Å². The van der Waals surface area contributed by atoms with Crippen LogP contribution in [0.3, 0.4) is 0 Å². The van der Waals surface area contributed by atoms with Crippen molar-refractivity contribution in [2.45, 2.75) is 19.9 Å². The summed E-state index contributed by atoms with van der Waals surface area (Å²) in [6, 6.07) is 8.21. The van der Waals surface area contributed by atoms with Gasteiger partial charge in [0.2, 0.25) is 0 Å². The maximum atomic E-state index is 4.58. The summed E-state index contributed by atoms with van der Waals surface area (Å²) in [5.41, 5.74) is 1.23. The second-order valence-corrected chi connectivity index (χ2v) is 5.34. The highest BCUT2D eigenvalue weighted by atomic mass is 127. The number of pyridine rings is 1. The summed E-state index contributed by atoms with van der Waals surface area (Å²) in [5, 5.41) is 8.68. The van der Waals surface area contributed by atoms with E-state index in [1.807, 2.05) is 12.3 Å². The third kappa shape index (κ3) is 6.90. The highest BCUT2D eigenvalue weighted by Crippen LogP contribution is 2.09. The molecule has 6 heteroatoms. The molecule has 2 aromatic rings. The molecule has 0 aromatic carbocycles. The first kappa shape index (κ1) is 17.9. The van der Waals surface area contributed by atoms with Gasteiger partial charge < -0.3 is 10.6 Å². The first-order chi connectivity index (χ1) is 9.88. The van der Waals surface area contributed by atoms with Crippen LogP contribution in [0.15, 0.2) is 47.0 Å². The van der Waals surface area contributed by atoms with Gasteiger partial charge in [0.25, 0.3) is 0 Å².